The molecule has 250 valence electrons. The van der Waals surface area contributed by atoms with Gasteiger partial charge in [-0.1, -0.05) is 18.2 Å². The minimum Gasteiger partial charge on any atom is -0.442 e. The van der Waals surface area contributed by atoms with E-state index in [2.05, 4.69) is 44.4 Å². The van der Waals surface area contributed by atoms with Gasteiger partial charge in [-0.2, -0.15) is 9.78 Å². The Hall–Kier alpha value is -5.30. The summed E-state index contributed by atoms with van der Waals surface area (Å²) in [6.45, 7) is 9.59. The molecule has 0 saturated carbocycles. The third-order valence-corrected chi connectivity index (χ3v) is 8.40. The van der Waals surface area contributed by atoms with Crippen LogP contribution in [0.4, 0.5) is 27.8 Å². The van der Waals surface area contributed by atoms with E-state index in [4.69, 9.17) is 9.72 Å². The van der Waals surface area contributed by atoms with E-state index >= 15 is 0 Å². The number of nitro benzene ring substituents is 1. The molecule has 3 aromatic heterocycles. The van der Waals surface area contributed by atoms with Crippen LogP contribution in [-0.2, 0) is 17.7 Å². The second-order valence-electron chi connectivity index (χ2n) is 13.5. The molecule has 0 unspecified atom stereocenters. The first kappa shape index (κ1) is 32.6. The number of nitrogens with one attached hydrogen (secondary N) is 1. The van der Waals surface area contributed by atoms with Crippen LogP contribution in [0, 0.1) is 17.0 Å². The fourth-order valence-electron chi connectivity index (χ4n) is 6.03. The highest BCUT2D eigenvalue weighted by atomic mass is 16.6. The topological polar surface area (TPSA) is 136 Å². The first-order valence-electron chi connectivity index (χ1n) is 16.0. The molecule has 0 spiro atoms. The van der Waals surface area contributed by atoms with Crippen molar-refractivity contribution in [3.8, 4) is 22.4 Å². The van der Waals surface area contributed by atoms with Crippen molar-refractivity contribution in [3.05, 3.63) is 76.4 Å². The maximum atomic E-state index is 12.8. The second-order valence-corrected chi connectivity index (χ2v) is 13.5. The molecule has 1 aliphatic rings. The summed E-state index contributed by atoms with van der Waals surface area (Å²) < 4.78 is 8.96. The van der Waals surface area contributed by atoms with E-state index in [0.717, 1.165) is 42.4 Å². The normalized spacial score (nSPS) is 12.8. The number of para-hydroxylation sites is 1. The molecule has 0 radical (unpaired) electrons. The van der Waals surface area contributed by atoms with Gasteiger partial charge in [0.2, 0.25) is 5.95 Å². The molecule has 13 nitrogen and oxygen atoms in total. The molecule has 6 rings (SSSR count). The van der Waals surface area contributed by atoms with E-state index < -0.39 is 11.7 Å². The molecule has 13 heteroatoms. The number of anilines is 3. The maximum absolute atomic E-state index is 12.8. The number of carbonyl (C=O) groups excluding carboxylic acids is 1. The van der Waals surface area contributed by atoms with Crippen molar-refractivity contribution >= 4 is 40.0 Å². The van der Waals surface area contributed by atoms with Crippen molar-refractivity contribution in [1.29, 1.82) is 0 Å². The molecule has 0 atom stereocenters. The Balaban J connectivity index is 1.44. The van der Waals surface area contributed by atoms with Gasteiger partial charge in [-0.15, -0.1) is 0 Å². The molecular formula is C35H41N9O4. The fraction of sp³-hybridized carbons (Fsp3) is 0.371. The molecule has 48 heavy (non-hydrogen) atoms. The van der Waals surface area contributed by atoms with Crippen LogP contribution in [0.25, 0.3) is 33.3 Å². The summed E-state index contributed by atoms with van der Waals surface area (Å²) >= 11 is 0. The van der Waals surface area contributed by atoms with Gasteiger partial charge in [-0.05, 0) is 71.8 Å². The highest BCUT2D eigenvalue weighted by Gasteiger charge is 2.25. The molecule has 4 heterocycles. The predicted octanol–water partition coefficient (Wildman–Crippen LogP) is 6.65. The van der Waals surface area contributed by atoms with Crippen LogP contribution in [0.2, 0.25) is 0 Å². The second kappa shape index (κ2) is 12.7. The number of aromatic nitrogens is 5. The summed E-state index contributed by atoms with van der Waals surface area (Å²) in [5.41, 5.74) is 6.55. The zero-order chi connectivity index (χ0) is 34.3. The van der Waals surface area contributed by atoms with Crippen LogP contribution in [0.5, 0.6) is 0 Å². The number of nitrogens with zero attached hydrogens (tertiary/aromatic N) is 8. The number of carbonyl (C=O) groups is 1. The summed E-state index contributed by atoms with van der Waals surface area (Å²) in [5.74, 6) is 0.284. The van der Waals surface area contributed by atoms with Crippen LogP contribution in [0.15, 0.2) is 55.1 Å². The lowest BCUT2D eigenvalue weighted by Crippen LogP contribution is -2.29. The van der Waals surface area contributed by atoms with Crippen molar-refractivity contribution in [2.24, 2.45) is 0 Å². The van der Waals surface area contributed by atoms with Gasteiger partial charge in [0.05, 0.1) is 28.0 Å². The SMILES string of the molecule is Cc1cc(N(C)CCN(C)C)c([N+](=O)[O-])cc1Nc1ncc(-c2cnn(C(=O)OC(C)(C)C)c2)c(-c2cn3c4c(cccc24)CCC3)n1. The molecule has 0 fully saturated rings. The predicted molar refractivity (Wildman–Crippen MR) is 187 cm³/mol. The smallest absolute Gasteiger partial charge is 0.435 e. The summed E-state index contributed by atoms with van der Waals surface area (Å²) in [7, 11) is 5.80. The van der Waals surface area contributed by atoms with Crippen molar-refractivity contribution in [3.63, 3.8) is 0 Å². The van der Waals surface area contributed by atoms with Gasteiger partial charge in [-0.3, -0.25) is 10.1 Å². The number of aryl methyl sites for hydroxylation is 3. The molecule has 0 amide bonds. The molecule has 1 N–H and O–H groups in total. The monoisotopic (exact) mass is 651 g/mol. The van der Waals surface area contributed by atoms with Crippen LogP contribution in [-0.4, -0.2) is 80.1 Å². The Bertz CT molecular complexity index is 2020. The standard InChI is InChI=1S/C35H41N9O4/c1-22-16-29(41(7)15-14-40(5)6)30(44(46)47)17-28(22)38-33-36-19-26(24-18-37-43(20-24)34(45)48-35(2,3)4)31(39-33)27-21-42-13-9-11-23-10-8-12-25(27)32(23)42/h8,10,12,16-21H,9,11,13-15H2,1-7H3,(H,36,38,39). The third kappa shape index (κ3) is 6.58. The summed E-state index contributed by atoms with van der Waals surface area (Å²) in [6, 6.07) is 9.69. The Labute approximate surface area is 279 Å². The Morgan fingerprint density at radius 2 is 1.90 bits per heavy atom. The number of benzene rings is 2. The van der Waals surface area contributed by atoms with E-state index in [1.54, 1.807) is 45.4 Å². The molecular weight excluding hydrogens is 610 g/mol. The summed E-state index contributed by atoms with van der Waals surface area (Å²) in [6.07, 6.45) is 8.49. The highest BCUT2D eigenvalue weighted by molar-refractivity contribution is 6.00. The average Bonchev–Trinajstić information content (AvgIpc) is 3.67. The maximum Gasteiger partial charge on any atom is 0.435 e. The zero-order valence-corrected chi connectivity index (χ0v) is 28.4. The van der Waals surface area contributed by atoms with Gasteiger partial charge in [0.1, 0.15) is 11.3 Å². The number of likely N-dealkylation sites (N-methyl/N-ethyl adjacent to an activating group) is 2. The Kier molecular flexibility index (Phi) is 8.65. The van der Waals surface area contributed by atoms with Crippen molar-refractivity contribution in [2.75, 3.05) is 44.4 Å². The minimum absolute atomic E-state index is 0.00949. The lowest BCUT2D eigenvalue weighted by Gasteiger charge is -2.22. The van der Waals surface area contributed by atoms with Gasteiger partial charge in [0.15, 0.2) is 0 Å². The molecule has 0 saturated heterocycles. The van der Waals surface area contributed by atoms with Crippen molar-refractivity contribution in [1.82, 2.24) is 29.2 Å². The fourth-order valence-corrected chi connectivity index (χ4v) is 6.03. The Morgan fingerprint density at radius 3 is 2.62 bits per heavy atom. The minimum atomic E-state index is -0.677. The third-order valence-electron chi connectivity index (χ3n) is 8.40. The number of ether oxygens (including phenoxy) is 1. The van der Waals surface area contributed by atoms with Gasteiger partial charge in [0.25, 0.3) is 5.69 Å². The van der Waals surface area contributed by atoms with E-state index in [1.165, 1.54) is 15.8 Å². The quantitative estimate of drug-likeness (QED) is 0.136. The van der Waals surface area contributed by atoms with Crippen LogP contribution in [0.1, 0.15) is 38.3 Å². The first-order chi connectivity index (χ1) is 22.8. The molecule has 1 aliphatic heterocycles. The van der Waals surface area contributed by atoms with E-state index in [0.29, 0.717) is 34.7 Å². The van der Waals surface area contributed by atoms with Crippen LogP contribution in [0.3, 0.4) is 0 Å². The van der Waals surface area contributed by atoms with Crippen LogP contribution < -0.4 is 10.2 Å². The summed E-state index contributed by atoms with van der Waals surface area (Å²) in [4.78, 5) is 38.2. The Morgan fingerprint density at radius 1 is 1.10 bits per heavy atom. The van der Waals surface area contributed by atoms with Crippen molar-refractivity contribution < 1.29 is 14.5 Å². The lowest BCUT2D eigenvalue weighted by atomic mass is 9.99. The van der Waals surface area contributed by atoms with Gasteiger partial charge in [-0.25, -0.2) is 14.8 Å². The number of nitro groups is 1. The zero-order valence-electron chi connectivity index (χ0n) is 28.4. The highest BCUT2D eigenvalue weighted by Crippen LogP contribution is 2.40. The number of hydrogen-bond acceptors (Lipinski definition) is 10. The van der Waals surface area contributed by atoms with Crippen LogP contribution >= 0.6 is 0 Å². The average molecular weight is 652 g/mol. The molecule has 0 bridgehead atoms. The van der Waals surface area contributed by atoms with Gasteiger partial charge < -0.3 is 24.4 Å². The molecule has 5 aromatic rings. The molecule has 2 aromatic carbocycles. The molecule has 0 aliphatic carbocycles. The first-order valence-corrected chi connectivity index (χ1v) is 16.0. The van der Waals surface area contributed by atoms with Crippen molar-refractivity contribution in [2.45, 2.75) is 52.7 Å². The lowest BCUT2D eigenvalue weighted by molar-refractivity contribution is -0.384. The van der Waals surface area contributed by atoms with E-state index in [1.807, 2.05) is 43.9 Å². The number of hydrogen-bond donors (Lipinski definition) is 1. The largest absolute Gasteiger partial charge is 0.442 e. The van der Waals surface area contributed by atoms with E-state index in [-0.39, 0.29) is 16.6 Å². The summed E-state index contributed by atoms with van der Waals surface area (Å²) in [5, 5.41) is 20.8. The van der Waals surface area contributed by atoms with E-state index in [9.17, 15) is 14.9 Å². The van der Waals surface area contributed by atoms with Gasteiger partial charge in [0, 0.05) is 73.4 Å². The number of rotatable bonds is 9. The van der Waals surface area contributed by atoms with Gasteiger partial charge >= 0.3 is 6.09 Å².